The number of nitrogen functional groups attached to an aromatic ring is 1. The molecule has 0 fully saturated rings. The molecule has 0 aliphatic heterocycles. The van der Waals surface area contributed by atoms with Gasteiger partial charge < -0.3 is 5.73 Å². The lowest BCUT2D eigenvalue weighted by Gasteiger charge is -2.09. The van der Waals surface area contributed by atoms with Gasteiger partial charge in [0.2, 0.25) is 10.0 Å². The average Bonchev–Trinajstić information content (AvgIpc) is 2.21. The van der Waals surface area contributed by atoms with Crippen LogP contribution in [0.25, 0.3) is 0 Å². The molecule has 4 nitrogen and oxygen atoms in total. The van der Waals surface area contributed by atoms with Gasteiger partial charge in [0.05, 0.1) is 15.6 Å². The molecule has 17 heavy (non-hydrogen) atoms. The van der Waals surface area contributed by atoms with Crippen molar-refractivity contribution in [3.05, 3.63) is 23.2 Å². The Hall–Kier alpha value is -0.780. The lowest BCUT2D eigenvalue weighted by molar-refractivity contribution is 0.551. The van der Waals surface area contributed by atoms with E-state index in [1.165, 1.54) is 18.2 Å². The van der Waals surface area contributed by atoms with Crippen LogP contribution >= 0.6 is 11.6 Å². The molecule has 0 aliphatic rings. The second kappa shape index (κ2) is 5.71. The molecule has 0 amide bonds. The van der Waals surface area contributed by atoms with E-state index in [0.29, 0.717) is 18.2 Å². The smallest absolute Gasteiger partial charge is 0.240 e. The Bertz CT molecular complexity index is 486. The minimum atomic E-state index is -3.49. The molecule has 0 spiro atoms. The second-order valence-electron chi connectivity index (χ2n) is 4.26. The third kappa shape index (κ3) is 4.18. The number of nitrogens with one attached hydrogen (secondary N) is 1. The first-order chi connectivity index (χ1) is 7.83. The van der Waals surface area contributed by atoms with Crippen LogP contribution in [0.4, 0.5) is 5.69 Å². The monoisotopic (exact) mass is 276 g/mol. The maximum atomic E-state index is 11.9. The predicted molar refractivity (Wildman–Crippen MR) is 70.5 cm³/mol. The van der Waals surface area contributed by atoms with Gasteiger partial charge in [-0.3, -0.25) is 0 Å². The van der Waals surface area contributed by atoms with Gasteiger partial charge in [-0.15, -0.1) is 0 Å². The fraction of sp³-hybridized carbons (Fsp3) is 0.455. The maximum Gasteiger partial charge on any atom is 0.240 e. The van der Waals surface area contributed by atoms with E-state index in [0.717, 1.165) is 6.42 Å². The maximum absolute atomic E-state index is 11.9. The normalized spacial score (nSPS) is 12.0. The van der Waals surface area contributed by atoms with Crippen LogP contribution in [-0.2, 0) is 10.0 Å². The molecule has 0 bridgehead atoms. The van der Waals surface area contributed by atoms with E-state index in [1.807, 2.05) is 13.8 Å². The summed E-state index contributed by atoms with van der Waals surface area (Å²) in [7, 11) is -3.49. The Balaban J connectivity index is 2.79. The SMILES string of the molecule is CC(C)CCNS(=O)(=O)c1ccc(N)c(Cl)c1. The predicted octanol–water partition coefficient (Wildman–Crippen LogP) is 2.25. The number of halogens is 1. The van der Waals surface area contributed by atoms with E-state index < -0.39 is 10.0 Å². The summed E-state index contributed by atoms with van der Waals surface area (Å²) in [4.78, 5) is 0.139. The summed E-state index contributed by atoms with van der Waals surface area (Å²) in [5.74, 6) is 0.452. The number of rotatable bonds is 5. The van der Waals surface area contributed by atoms with Gasteiger partial charge in [0, 0.05) is 6.54 Å². The Morgan fingerprint density at radius 3 is 2.59 bits per heavy atom. The van der Waals surface area contributed by atoms with E-state index in [1.54, 1.807) is 0 Å². The molecule has 0 saturated carbocycles. The molecular formula is C11H17ClN2O2S. The first-order valence-corrected chi connectivity index (χ1v) is 7.23. The van der Waals surface area contributed by atoms with E-state index in [9.17, 15) is 8.42 Å². The average molecular weight is 277 g/mol. The minimum absolute atomic E-state index is 0.139. The van der Waals surface area contributed by atoms with E-state index >= 15 is 0 Å². The number of nitrogens with two attached hydrogens (primary N) is 1. The molecule has 1 rings (SSSR count). The summed E-state index contributed by atoms with van der Waals surface area (Å²) in [5.41, 5.74) is 5.89. The van der Waals surface area contributed by atoms with Crippen molar-refractivity contribution in [2.45, 2.75) is 25.2 Å². The van der Waals surface area contributed by atoms with Gasteiger partial charge in [-0.1, -0.05) is 25.4 Å². The van der Waals surface area contributed by atoms with Gasteiger partial charge in [-0.25, -0.2) is 13.1 Å². The van der Waals surface area contributed by atoms with Gasteiger partial charge in [0.15, 0.2) is 0 Å². The van der Waals surface area contributed by atoms with Crippen LogP contribution in [0.15, 0.2) is 23.1 Å². The van der Waals surface area contributed by atoms with Crippen molar-refractivity contribution in [2.24, 2.45) is 5.92 Å². The number of benzene rings is 1. The fourth-order valence-corrected chi connectivity index (χ4v) is 2.56. The first-order valence-electron chi connectivity index (χ1n) is 5.37. The van der Waals surface area contributed by atoms with Crippen molar-refractivity contribution in [3.63, 3.8) is 0 Å². The summed E-state index contributed by atoms with van der Waals surface area (Å²) in [5, 5.41) is 0.247. The Morgan fingerprint density at radius 1 is 1.41 bits per heavy atom. The largest absolute Gasteiger partial charge is 0.398 e. The minimum Gasteiger partial charge on any atom is -0.398 e. The molecule has 0 saturated heterocycles. The number of hydrogen-bond donors (Lipinski definition) is 2. The summed E-state index contributed by atoms with van der Waals surface area (Å²) >= 11 is 5.79. The highest BCUT2D eigenvalue weighted by molar-refractivity contribution is 7.89. The van der Waals surface area contributed by atoms with Crippen LogP contribution in [0.3, 0.4) is 0 Å². The molecule has 1 aromatic rings. The Labute approximate surface area is 107 Å². The Kier molecular flexibility index (Phi) is 4.80. The summed E-state index contributed by atoms with van der Waals surface area (Å²) < 4.78 is 26.3. The number of hydrogen-bond acceptors (Lipinski definition) is 3. The summed E-state index contributed by atoms with van der Waals surface area (Å²) in [6, 6.07) is 4.28. The molecule has 0 aliphatic carbocycles. The second-order valence-corrected chi connectivity index (χ2v) is 6.44. The van der Waals surface area contributed by atoms with Crippen LogP contribution in [0.2, 0.25) is 5.02 Å². The standard InChI is InChI=1S/C11H17ClN2O2S/c1-8(2)5-6-14-17(15,16)9-3-4-11(13)10(12)7-9/h3-4,7-8,14H,5-6,13H2,1-2H3. The van der Waals surface area contributed by atoms with Crippen LogP contribution in [0.5, 0.6) is 0 Å². The molecule has 6 heteroatoms. The van der Waals surface area contributed by atoms with Crippen molar-refractivity contribution in [2.75, 3.05) is 12.3 Å². The van der Waals surface area contributed by atoms with Crippen LogP contribution < -0.4 is 10.5 Å². The van der Waals surface area contributed by atoms with Gasteiger partial charge in [-0.2, -0.15) is 0 Å². The molecule has 0 radical (unpaired) electrons. The third-order valence-corrected chi connectivity index (χ3v) is 4.08. The molecule has 0 atom stereocenters. The van der Waals surface area contributed by atoms with Crippen LogP contribution in [-0.4, -0.2) is 15.0 Å². The molecular weight excluding hydrogens is 260 g/mol. The summed E-state index contributed by atoms with van der Waals surface area (Å²) in [6.07, 6.45) is 0.794. The summed E-state index contributed by atoms with van der Waals surface area (Å²) in [6.45, 7) is 4.49. The molecule has 0 heterocycles. The molecule has 0 aromatic heterocycles. The quantitative estimate of drug-likeness (QED) is 0.810. The molecule has 1 aromatic carbocycles. The van der Waals surface area contributed by atoms with Gasteiger partial charge in [0.25, 0.3) is 0 Å². The van der Waals surface area contributed by atoms with Crippen molar-refractivity contribution in [1.82, 2.24) is 4.72 Å². The lowest BCUT2D eigenvalue weighted by atomic mass is 10.1. The van der Waals surface area contributed by atoms with Crippen molar-refractivity contribution >= 4 is 27.3 Å². The van der Waals surface area contributed by atoms with E-state index in [-0.39, 0.29) is 9.92 Å². The van der Waals surface area contributed by atoms with E-state index in [4.69, 9.17) is 17.3 Å². The lowest BCUT2D eigenvalue weighted by Crippen LogP contribution is -2.25. The highest BCUT2D eigenvalue weighted by atomic mass is 35.5. The molecule has 3 N–H and O–H groups in total. The van der Waals surface area contributed by atoms with Gasteiger partial charge in [-0.05, 0) is 30.5 Å². The zero-order chi connectivity index (χ0) is 13.1. The van der Waals surface area contributed by atoms with E-state index in [2.05, 4.69) is 4.72 Å². The fourth-order valence-electron chi connectivity index (χ4n) is 1.24. The molecule has 0 unspecified atom stereocenters. The zero-order valence-corrected chi connectivity index (χ0v) is 11.5. The van der Waals surface area contributed by atoms with Gasteiger partial charge >= 0.3 is 0 Å². The highest BCUT2D eigenvalue weighted by Crippen LogP contribution is 2.22. The van der Waals surface area contributed by atoms with Crippen LogP contribution in [0.1, 0.15) is 20.3 Å². The topological polar surface area (TPSA) is 72.2 Å². The van der Waals surface area contributed by atoms with Crippen molar-refractivity contribution in [1.29, 1.82) is 0 Å². The van der Waals surface area contributed by atoms with Crippen molar-refractivity contribution < 1.29 is 8.42 Å². The zero-order valence-electron chi connectivity index (χ0n) is 9.90. The highest BCUT2D eigenvalue weighted by Gasteiger charge is 2.14. The molecule has 96 valence electrons. The third-order valence-electron chi connectivity index (χ3n) is 2.30. The Morgan fingerprint density at radius 2 is 2.06 bits per heavy atom. The van der Waals surface area contributed by atoms with Crippen molar-refractivity contribution in [3.8, 4) is 0 Å². The number of sulfonamides is 1. The number of anilines is 1. The van der Waals surface area contributed by atoms with Crippen LogP contribution in [0, 0.1) is 5.92 Å². The first kappa shape index (κ1) is 14.3. The van der Waals surface area contributed by atoms with Gasteiger partial charge in [0.1, 0.15) is 0 Å².